The van der Waals surface area contributed by atoms with E-state index in [0.29, 0.717) is 17.7 Å². The molecule has 6 nitrogen and oxygen atoms in total. The second-order valence-corrected chi connectivity index (χ2v) is 6.44. The van der Waals surface area contributed by atoms with Crippen LogP contribution in [0.5, 0.6) is 0 Å². The van der Waals surface area contributed by atoms with Crippen molar-refractivity contribution in [3.05, 3.63) is 41.3 Å². The van der Waals surface area contributed by atoms with Crippen molar-refractivity contribution < 1.29 is 4.39 Å². The van der Waals surface area contributed by atoms with Gasteiger partial charge in [0.15, 0.2) is 0 Å². The van der Waals surface area contributed by atoms with E-state index in [-0.39, 0.29) is 18.0 Å². The van der Waals surface area contributed by atoms with E-state index in [4.69, 9.17) is 5.26 Å². The molecule has 1 aromatic heterocycles. The summed E-state index contributed by atoms with van der Waals surface area (Å²) < 4.78 is 13.5. The third kappa shape index (κ3) is 5.06. The Hall–Kier alpha value is -2.43. The molecule has 27 heavy (non-hydrogen) atoms. The molecule has 1 aliphatic heterocycles. The quantitative estimate of drug-likeness (QED) is 0.787. The minimum absolute atomic E-state index is 0. The SMILES string of the molecule is CCCc1cc(N2CC[C@H](NC)C2)nc(Nc2ccc(F)c(C#N)c2)n1.Cl. The molecule has 0 saturated carbocycles. The van der Waals surface area contributed by atoms with E-state index >= 15 is 0 Å². The Morgan fingerprint density at radius 3 is 2.81 bits per heavy atom. The molecule has 1 aromatic carbocycles. The lowest BCUT2D eigenvalue weighted by molar-refractivity contribution is 0.616. The van der Waals surface area contributed by atoms with Crippen LogP contribution in [0.15, 0.2) is 24.3 Å². The molecule has 0 spiro atoms. The van der Waals surface area contributed by atoms with Gasteiger partial charge in [-0.2, -0.15) is 10.2 Å². The first-order chi connectivity index (χ1) is 12.6. The highest BCUT2D eigenvalue weighted by Crippen LogP contribution is 2.23. The van der Waals surface area contributed by atoms with E-state index in [9.17, 15) is 4.39 Å². The average molecular weight is 391 g/mol. The summed E-state index contributed by atoms with van der Waals surface area (Å²) in [6.45, 7) is 3.97. The highest BCUT2D eigenvalue weighted by atomic mass is 35.5. The van der Waals surface area contributed by atoms with Gasteiger partial charge >= 0.3 is 0 Å². The number of aromatic nitrogens is 2. The number of hydrogen-bond acceptors (Lipinski definition) is 6. The van der Waals surface area contributed by atoms with Crippen LogP contribution in [0.25, 0.3) is 0 Å². The summed E-state index contributed by atoms with van der Waals surface area (Å²) in [5, 5.41) is 15.4. The minimum atomic E-state index is -0.533. The van der Waals surface area contributed by atoms with Gasteiger partial charge in [0.25, 0.3) is 0 Å². The van der Waals surface area contributed by atoms with Crippen molar-refractivity contribution in [2.75, 3.05) is 30.4 Å². The number of benzene rings is 1. The normalized spacial score (nSPS) is 15.9. The smallest absolute Gasteiger partial charge is 0.229 e. The average Bonchev–Trinajstić information content (AvgIpc) is 3.13. The fourth-order valence-corrected chi connectivity index (χ4v) is 3.11. The lowest BCUT2D eigenvalue weighted by atomic mass is 10.2. The molecular weight excluding hydrogens is 367 g/mol. The Bertz CT molecular complexity index is 822. The molecule has 1 saturated heterocycles. The Morgan fingerprint density at radius 2 is 2.15 bits per heavy atom. The largest absolute Gasteiger partial charge is 0.355 e. The topological polar surface area (TPSA) is 76.9 Å². The molecule has 0 bridgehead atoms. The molecule has 3 rings (SSSR count). The van der Waals surface area contributed by atoms with Gasteiger partial charge in [-0.05, 0) is 38.1 Å². The summed E-state index contributed by atoms with van der Waals surface area (Å²) in [6.07, 6.45) is 2.93. The van der Waals surface area contributed by atoms with Gasteiger partial charge in [0.1, 0.15) is 17.7 Å². The molecule has 144 valence electrons. The lowest BCUT2D eigenvalue weighted by Crippen LogP contribution is -2.30. The number of aryl methyl sites for hydroxylation is 1. The number of rotatable bonds is 6. The molecule has 0 amide bonds. The Kier molecular flexibility index (Phi) is 7.34. The number of nitrogens with one attached hydrogen (secondary N) is 2. The van der Waals surface area contributed by atoms with Gasteiger partial charge in [-0.15, -0.1) is 12.4 Å². The molecular formula is C19H24ClFN6. The van der Waals surface area contributed by atoms with Crippen LogP contribution < -0.4 is 15.5 Å². The first-order valence-electron chi connectivity index (χ1n) is 8.89. The number of halogens is 2. The number of likely N-dealkylation sites (N-methyl/N-ethyl adjacent to an activating group) is 1. The Balaban J connectivity index is 0.00000261. The molecule has 0 aliphatic carbocycles. The van der Waals surface area contributed by atoms with Crippen LogP contribution >= 0.6 is 12.4 Å². The number of anilines is 3. The van der Waals surface area contributed by atoms with Crippen LogP contribution in [-0.4, -0.2) is 36.1 Å². The minimum Gasteiger partial charge on any atom is -0.355 e. The van der Waals surface area contributed by atoms with Gasteiger partial charge in [-0.3, -0.25) is 0 Å². The lowest BCUT2D eigenvalue weighted by Gasteiger charge is -2.19. The second-order valence-electron chi connectivity index (χ2n) is 6.44. The zero-order valence-corrected chi connectivity index (χ0v) is 16.3. The summed E-state index contributed by atoms with van der Waals surface area (Å²) in [6, 6.07) is 8.68. The molecule has 1 aliphatic rings. The second kappa shape index (κ2) is 9.49. The summed E-state index contributed by atoms with van der Waals surface area (Å²) in [5.74, 6) is 0.829. The fourth-order valence-electron chi connectivity index (χ4n) is 3.11. The highest BCUT2D eigenvalue weighted by molar-refractivity contribution is 5.85. The van der Waals surface area contributed by atoms with Gasteiger partial charge in [0.2, 0.25) is 5.95 Å². The summed E-state index contributed by atoms with van der Waals surface area (Å²) in [5.41, 5.74) is 1.56. The zero-order valence-electron chi connectivity index (χ0n) is 15.5. The van der Waals surface area contributed by atoms with Crippen molar-refractivity contribution in [3.63, 3.8) is 0 Å². The van der Waals surface area contributed by atoms with Gasteiger partial charge in [-0.1, -0.05) is 13.3 Å². The van der Waals surface area contributed by atoms with E-state index in [2.05, 4.69) is 32.4 Å². The van der Waals surface area contributed by atoms with E-state index in [0.717, 1.165) is 43.9 Å². The van der Waals surface area contributed by atoms with Crippen LogP contribution in [0.1, 0.15) is 31.0 Å². The first kappa shape index (κ1) is 20.9. The molecule has 1 fully saturated rings. The first-order valence-corrected chi connectivity index (χ1v) is 8.89. The summed E-state index contributed by atoms with van der Waals surface area (Å²) >= 11 is 0. The van der Waals surface area contributed by atoms with Crippen molar-refractivity contribution in [2.24, 2.45) is 0 Å². The number of hydrogen-bond donors (Lipinski definition) is 2. The highest BCUT2D eigenvalue weighted by Gasteiger charge is 2.23. The van der Waals surface area contributed by atoms with Crippen molar-refractivity contribution >= 4 is 29.9 Å². The third-order valence-electron chi connectivity index (χ3n) is 4.54. The van der Waals surface area contributed by atoms with Gasteiger partial charge < -0.3 is 15.5 Å². The van der Waals surface area contributed by atoms with Gasteiger partial charge in [-0.25, -0.2) is 9.37 Å². The standard InChI is InChI=1S/C19H23FN6.ClH/c1-3-4-14-10-18(26-8-7-16(12-26)22-2)25-19(23-14)24-15-5-6-17(20)13(9-15)11-21;/h5-6,9-10,16,22H,3-4,7-8,12H2,1-2H3,(H,23,24,25);1H/t16-;/m0./s1. The maximum atomic E-state index is 13.5. The van der Waals surface area contributed by atoms with Crippen molar-refractivity contribution in [1.29, 1.82) is 5.26 Å². The van der Waals surface area contributed by atoms with Crippen LogP contribution in [-0.2, 0) is 6.42 Å². The van der Waals surface area contributed by atoms with E-state index < -0.39 is 5.82 Å². The fraction of sp³-hybridized carbons (Fsp3) is 0.421. The van der Waals surface area contributed by atoms with Gasteiger partial charge in [0, 0.05) is 36.6 Å². The maximum absolute atomic E-state index is 13.5. The molecule has 2 N–H and O–H groups in total. The van der Waals surface area contributed by atoms with Gasteiger partial charge in [0.05, 0.1) is 5.56 Å². The zero-order chi connectivity index (χ0) is 18.5. The molecule has 0 radical (unpaired) electrons. The molecule has 2 aromatic rings. The number of nitrogens with zero attached hydrogens (tertiary/aromatic N) is 4. The van der Waals surface area contributed by atoms with Crippen molar-refractivity contribution in [3.8, 4) is 6.07 Å². The van der Waals surface area contributed by atoms with Crippen LogP contribution in [0.4, 0.5) is 21.8 Å². The summed E-state index contributed by atoms with van der Waals surface area (Å²) in [7, 11) is 1.98. The molecule has 2 heterocycles. The number of nitriles is 1. The Morgan fingerprint density at radius 1 is 1.33 bits per heavy atom. The molecule has 1 atom stereocenters. The van der Waals surface area contributed by atoms with Crippen LogP contribution in [0.2, 0.25) is 0 Å². The summed E-state index contributed by atoms with van der Waals surface area (Å²) in [4.78, 5) is 11.5. The van der Waals surface area contributed by atoms with Crippen molar-refractivity contribution in [2.45, 2.75) is 32.2 Å². The van der Waals surface area contributed by atoms with Crippen molar-refractivity contribution in [1.82, 2.24) is 15.3 Å². The monoisotopic (exact) mass is 390 g/mol. The van der Waals surface area contributed by atoms with E-state index in [1.807, 2.05) is 19.2 Å². The predicted octanol–water partition coefficient (Wildman–Crippen LogP) is 3.40. The molecule has 8 heteroatoms. The predicted molar refractivity (Wildman–Crippen MR) is 107 cm³/mol. The maximum Gasteiger partial charge on any atom is 0.229 e. The van der Waals surface area contributed by atoms with E-state index in [1.165, 1.54) is 12.1 Å². The Labute approximate surface area is 165 Å². The van der Waals surface area contributed by atoms with E-state index in [1.54, 1.807) is 6.07 Å². The van der Waals surface area contributed by atoms with Crippen LogP contribution in [0.3, 0.4) is 0 Å². The molecule has 0 unspecified atom stereocenters. The van der Waals surface area contributed by atoms with Crippen LogP contribution in [0, 0.1) is 17.1 Å². The third-order valence-corrected chi connectivity index (χ3v) is 4.54.